The summed E-state index contributed by atoms with van der Waals surface area (Å²) in [4.78, 5) is 3.18. The minimum Gasteiger partial charge on any atom is -0.389 e. The van der Waals surface area contributed by atoms with Gasteiger partial charge in [0.05, 0.1) is 11.9 Å². The van der Waals surface area contributed by atoms with Gasteiger partial charge in [-0.3, -0.25) is 9.71 Å². The van der Waals surface area contributed by atoms with E-state index in [1.165, 1.54) is 18.2 Å². The lowest BCUT2D eigenvalue weighted by molar-refractivity contribution is 0.592. The Bertz CT molecular complexity index is 812. The second-order valence-corrected chi connectivity index (χ2v) is 6.56. The number of hydrogen-bond acceptors (Lipinski definition) is 4. The standard InChI is InChI=1S/C12H9ClFN3O2S2/c13-7-1-2-10(12(15)20)11(3-7)17-21(18,19)9-4-8(14)5-16-6-9/h1-6,17H,(H2,15,20). The molecule has 0 saturated carbocycles. The Balaban J connectivity index is 2.46. The van der Waals surface area contributed by atoms with E-state index >= 15 is 0 Å². The molecule has 110 valence electrons. The van der Waals surface area contributed by atoms with Crippen LogP contribution in [0.4, 0.5) is 10.1 Å². The molecule has 1 heterocycles. The summed E-state index contributed by atoms with van der Waals surface area (Å²) >= 11 is 10.7. The topological polar surface area (TPSA) is 85.1 Å². The zero-order valence-corrected chi connectivity index (χ0v) is 12.8. The Labute approximate surface area is 131 Å². The van der Waals surface area contributed by atoms with E-state index in [0.29, 0.717) is 10.6 Å². The summed E-state index contributed by atoms with van der Waals surface area (Å²) in [5.41, 5.74) is 5.95. The number of benzene rings is 1. The molecule has 1 aromatic heterocycles. The predicted molar refractivity (Wildman–Crippen MR) is 82.3 cm³/mol. The van der Waals surface area contributed by atoms with E-state index in [1.807, 2.05) is 0 Å². The van der Waals surface area contributed by atoms with Crippen molar-refractivity contribution in [3.63, 3.8) is 0 Å². The number of nitrogens with one attached hydrogen (secondary N) is 1. The van der Waals surface area contributed by atoms with Crippen molar-refractivity contribution in [2.24, 2.45) is 5.73 Å². The lowest BCUT2D eigenvalue weighted by atomic mass is 10.2. The molecule has 0 spiro atoms. The van der Waals surface area contributed by atoms with Gasteiger partial charge in [-0.25, -0.2) is 12.8 Å². The van der Waals surface area contributed by atoms with Crippen LogP contribution in [0.5, 0.6) is 0 Å². The van der Waals surface area contributed by atoms with Gasteiger partial charge >= 0.3 is 0 Å². The van der Waals surface area contributed by atoms with Crippen LogP contribution in [0.2, 0.25) is 5.02 Å². The summed E-state index contributed by atoms with van der Waals surface area (Å²) in [7, 11) is -4.03. The monoisotopic (exact) mass is 345 g/mol. The number of anilines is 1. The van der Waals surface area contributed by atoms with Gasteiger partial charge in [-0.05, 0) is 24.3 Å². The number of rotatable bonds is 4. The number of aromatic nitrogens is 1. The lowest BCUT2D eigenvalue weighted by Gasteiger charge is -2.12. The fourth-order valence-corrected chi connectivity index (χ4v) is 2.95. The molecule has 0 aliphatic rings. The molecule has 3 N–H and O–H groups in total. The fourth-order valence-electron chi connectivity index (χ4n) is 1.56. The van der Waals surface area contributed by atoms with Crippen molar-refractivity contribution in [1.82, 2.24) is 4.98 Å². The number of halogens is 2. The smallest absolute Gasteiger partial charge is 0.263 e. The minimum atomic E-state index is -4.03. The first-order valence-electron chi connectivity index (χ1n) is 5.52. The molecule has 21 heavy (non-hydrogen) atoms. The summed E-state index contributed by atoms with van der Waals surface area (Å²) in [5.74, 6) is -0.765. The molecule has 1 aromatic carbocycles. The van der Waals surface area contributed by atoms with Crippen molar-refractivity contribution in [1.29, 1.82) is 0 Å². The van der Waals surface area contributed by atoms with Gasteiger partial charge in [0.1, 0.15) is 15.7 Å². The average molecular weight is 346 g/mol. The third-order valence-corrected chi connectivity index (χ3v) is 4.27. The second-order valence-electron chi connectivity index (χ2n) is 4.00. The third kappa shape index (κ3) is 3.66. The first-order valence-corrected chi connectivity index (χ1v) is 7.79. The van der Waals surface area contributed by atoms with Crippen LogP contribution in [0.15, 0.2) is 41.6 Å². The van der Waals surface area contributed by atoms with E-state index in [1.54, 1.807) is 0 Å². The number of sulfonamides is 1. The van der Waals surface area contributed by atoms with Crippen LogP contribution in [0, 0.1) is 5.82 Å². The van der Waals surface area contributed by atoms with E-state index in [9.17, 15) is 12.8 Å². The molecular weight excluding hydrogens is 337 g/mol. The molecule has 0 fully saturated rings. The number of hydrogen-bond donors (Lipinski definition) is 2. The molecule has 9 heteroatoms. The van der Waals surface area contributed by atoms with Crippen LogP contribution in [-0.2, 0) is 10.0 Å². The van der Waals surface area contributed by atoms with Gasteiger partial charge in [-0.2, -0.15) is 0 Å². The Kier molecular flexibility index (Phi) is 4.40. The highest BCUT2D eigenvalue weighted by Crippen LogP contribution is 2.24. The van der Waals surface area contributed by atoms with Crippen LogP contribution in [0.3, 0.4) is 0 Å². The maximum absolute atomic E-state index is 13.1. The molecule has 2 aromatic rings. The first kappa shape index (κ1) is 15.6. The van der Waals surface area contributed by atoms with Gasteiger partial charge in [0, 0.05) is 16.8 Å². The van der Waals surface area contributed by atoms with Crippen LogP contribution in [0.1, 0.15) is 5.56 Å². The van der Waals surface area contributed by atoms with Crippen molar-refractivity contribution in [2.75, 3.05) is 4.72 Å². The Morgan fingerprint density at radius 3 is 2.67 bits per heavy atom. The van der Waals surface area contributed by atoms with E-state index in [2.05, 4.69) is 9.71 Å². The fraction of sp³-hybridized carbons (Fsp3) is 0. The zero-order chi connectivity index (χ0) is 15.6. The maximum Gasteiger partial charge on any atom is 0.263 e. The number of nitrogens with two attached hydrogens (primary N) is 1. The molecule has 0 atom stereocenters. The summed E-state index contributed by atoms with van der Waals surface area (Å²) in [6.07, 6.45) is 1.93. The summed E-state index contributed by atoms with van der Waals surface area (Å²) in [6, 6.07) is 5.23. The largest absolute Gasteiger partial charge is 0.389 e. The Morgan fingerprint density at radius 2 is 2.05 bits per heavy atom. The SMILES string of the molecule is NC(=S)c1ccc(Cl)cc1NS(=O)(=O)c1cncc(F)c1. The van der Waals surface area contributed by atoms with Crippen molar-refractivity contribution in [3.8, 4) is 0 Å². The molecular formula is C12H9ClFN3O2S2. The second kappa shape index (κ2) is 5.92. The van der Waals surface area contributed by atoms with Crippen molar-refractivity contribution in [3.05, 3.63) is 53.1 Å². The highest BCUT2D eigenvalue weighted by atomic mass is 35.5. The normalized spacial score (nSPS) is 11.1. The Hall–Kier alpha value is -1.77. The maximum atomic E-state index is 13.1. The summed E-state index contributed by atoms with van der Waals surface area (Å²) in [5, 5.41) is 0.296. The molecule has 2 rings (SSSR count). The van der Waals surface area contributed by atoms with Crippen LogP contribution in [-0.4, -0.2) is 18.4 Å². The molecule has 0 radical (unpaired) electrons. The Morgan fingerprint density at radius 1 is 1.33 bits per heavy atom. The van der Waals surface area contributed by atoms with Gasteiger partial charge in [0.25, 0.3) is 10.0 Å². The number of thiocarbonyl (C=S) groups is 1. The van der Waals surface area contributed by atoms with Gasteiger partial charge in [-0.1, -0.05) is 23.8 Å². The molecule has 0 bridgehead atoms. The lowest BCUT2D eigenvalue weighted by Crippen LogP contribution is -2.18. The highest BCUT2D eigenvalue weighted by molar-refractivity contribution is 7.92. The molecule has 0 aliphatic heterocycles. The molecule has 0 saturated heterocycles. The first-order chi connectivity index (χ1) is 9.79. The predicted octanol–water partition coefficient (Wildman–Crippen LogP) is 2.31. The third-order valence-electron chi connectivity index (χ3n) is 2.48. The van der Waals surface area contributed by atoms with Crippen LogP contribution in [0.25, 0.3) is 0 Å². The van der Waals surface area contributed by atoms with E-state index in [0.717, 1.165) is 18.5 Å². The zero-order valence-electron chi connectivity index (χ0n) is 10.4. The van der Waals surface area contributed by atoms with Crippen LogP contribution >= 0.6 is 23.8 Å². The molecule has 0 aliphatic carbocycles. The van der Waals surface area contributed by atoms with Crippen molar-refractivity contribution in [2.45, 2.75) is 4.90 Å². The van der Waals surface area contributed by atoms with Gasteiger partial charge in [0.15, 0.2) is 0 Å². The van der Waals surface area contributed by atoms with Gasteiger partial charge in [0.2, 0.25) is 0 Å². The van der Waals surface area contributed by atoms with Gasteiger partial charge in [-0.15, -0.1) is 0 Å². The highest BCUT2D eigenvalue weighted by Gasteiger charge is 2.18. The molecule has 0 unspecified atom stereocenters. The number of nitrogens with zero attached hydrogens (tertiary/aromatic N) is 1. The van der Waals surface area contributed by atoms with E-state index < -0.39 is 15.8 Å². The van der Waals surface area contributed by atoms with Crippen LogP contribution < -0.4 is 10.5 Å². The van der Waals surface area contributed by atoms with Crippen molar-refractivity contribution >= 4 is 44.5 Å². The molecule has 0 amide bonds. The quantitative estimate of drug-likeness (QED) is 0.830. The molecule has 5 nitrogen and oxygen atoms in total. The van der Waals surface area contributed by atoms with E-state index in [-0.39, 0.29) is 15.6 Å². The summed E-state index contributed by atoms with van der Waals surface area (Å²) < 4.78 is 39.7. The number of pyridine rings is 1. The summed E-state index contributed by atoms with van der Waals surface area (Å²) in [6.45, 7) is 0. The average Bonchev–Trinajstić information content (AvgIpc) is 2.38. The minimum absolute atomic E-state index is 0.00161. The van der Waals surface area contributed by atoms with E-state index in [4.69, 9.17) is 29.6 Å². The van der Waals surface area contributed by atoms with Gasteiger partial charge < -0.3 is 5.73 Å². The van der Waals surface area contributed by atoms with Crippen molar-refractivity contribution < 1.29 is 12.8 Å².